The van der Waals surface area contributed by atoms with Gasteiger partial charge < -0.3 is 14.8 Å². The van der Waals surface area contributed by atoms with Crippen LogP contribution in [0.5, 0.6) is 0 Å². The fourth-order valence-electron chi connectivity index (χ4n) is 2.17. The Balaban J connectivity index is 1.96. The van der Waals surface area contributed by atoms with Crippen molar-refractivity contribution in [2.45, 2.75) is 44.6 Å². The number of nitrogens with one attached hydrogen (secondary N) is 1. The van der Waals surface area contributed by atoms with Crippen molar-refractivity contribution in [3.63, 3.8) is 0 Å². The molecule has 0 saturated carbocycles. The Hall–Kier alpha value is -1.67. The predicted molar refractivity (Wildman–Crippen MR) is 76.9 cm³/mol. The highest BCUT2D eigenvalue weighted by molar-refractivity contribution is 5.96. The SMILES string of the molecule is CC(C)(OC1CCOCC1)C(=O)Nc1ccc(C(F)(F)F)cn1. The maximum atomic E-state index is 12.5. The molecule has 0 spiro atoms. The molecule has 1 aromatic heterocycles. The van der Waals surface area contributed by atoms with Crippen LogP contribution in [0.3, 0.4) is 0 Å². The fraction of sp³-hybridized carbons (Fsp3) is 0.600. The molecule has 2 heterocycles. The predicted octanol–water partition coefficient (Wildman–Crippen LogP) is 3.01. The largest absolute Gasteiger partial charge is 0.417 e. The summed E-state index contributed by atoms with van der Waals surface area (Å²) in [6.45, 7) is 4.40. The summed E-state index contributed by atoms with van der Waals surface area (Å²) in [5, 5.41) is 2.48. The first-order chi connectivity index (χ1) is 10.7. The quantitative estimate of drug-likeness (QED) is 0.921. The van der Waals surface area contributed by atoms with Crippen LogP contribution in [0, 0.1) is 0 Å². The Morgan fingerprint density at radius 1 is 1.30 bits per heavy atom. The third-order valence-electron chi connectivity index (χ3n) is 3.51. The lowest BCUT2D eigenvalue weighted by atomic mass is 10.1. The van der Waals surface area contributed by atoms with Crippen molar-refractivity contribution in [2.75, 3.05) is 18.5 Å². The van der Waals surface area contributed by atoms with Gasteiger partial charge in [-0.15, -0.1) is 0 Å². The van der Waals surface area contributed by atoms with Crippen LogP contribution in [0.4, 0.5) is 19.0 Å². The minimum Gasteiger partial charge on any atom is -0.381 e. The molecule has 1 N–H and O–H groups in total. The Morgan fingerprint density at radius 2 is 1.96 bits per heavy atom. The van der Waals surface area contributed by atoms with Gasteiger partial charge in [0.05, 0.1) is 11.7 Å². The summed E-state index contributed by atoms with van der Waals surface area (Å²) in [6, 6.07) is 1.99. The molecule has 8 heteroatoms. The highest BCUT2D eigenvalue weighted by atomic mass is 19.4. The first kappa shape index (κ1) is 17.7. The number of carbonyl (C=O) groups is 1. The zero-order valence-electron chi connectivity index (χ0n) is 12.9. The molecule has 1 aliphatic rings. The van der Waals surface area contributed by atoms with Crippen molar-refractivity contribution < 1.29 is 27.4 Å². The Kier molecular flexibility index (Phi) is 5.26. The molecule has 23 heavy (non-hydrogen) atoms. The van der Waals surface area contributed by atoms with Crippen molar-refractivity contribution in [2.24, 2.45) is 0 Å². The molecule has 1 aliphatic heterocycles. The van der Waals surface area contributed by atoms with E-state index in [1.807, 2.05) is 0 Å². The minimum atomic E-state index is -4.46. The van der Waals surface area contributed by atoms with E-state index in [0.29, 0.717) is 32.3 Å². The average Bonchev–Trinajstić information content (AvgIpc) is 2.47. The third kappa shape index (κ3) is 4.90. The molecule has 2 rings (SSSR count). The zero-order chi connectivity index (χ0) is 17.1. The van der Waals surface area contributed by atoms with Gasteiger partial charge in [-0.25, -0.2) is 4.98 Å². The number of halogens is 3. The molecule has 5 nitrogen and oxygen atoms in total. The highest BCUT2D eigenvalue weighted by Gasteiger charge is 2.34. The molecular weight excluding hydrogens is 313 g/mol. The van der Waals surface area contributed by atoms with E-state index in [9.17, 15) is 18.0 Å². The Bertz CT molecular complexity index is 538. The highest BCUT2D eigenvalue weighted by Crippen LogP contribution is 2.29. The second-order valence-electron chi connectivity index (χ2n) is 5.82. The maximum absolute atomic E-state index is 12.5. The first-order valence-corrected chi connectivity index (χ1v) is 7.29. The number of anilines is 1. The molecule has 0 bridgehead atoms. The number of nitrogens with zero attached hydrogens (tertiary/aromatic N) is 1. The van der Waals surface area contributed by atoms with Gasteiger partial charge in [-0.05, 0) is 38.8 Å². The van der Waals surface area contributed by atoms with Gasteiger partial charge >= 0.3 is 6.18 Å². The van der Waals surface area contributed by atoms with Crippen molar-refractivity contribution >= 4 is 11.7 Å². The van der Waals surface area contributed by atoms with Gasteiger partial charge in [0.1, 0.15) is 11.4 Å². The van der Waals surface area contributed by atoms with Crippen LogP contribution >= 0.6 is 0 Å². The van der Waals surface area contributed by atoms with Crippen molar-refractivity contribution in [1.82, 2.24) is 4.98 Å². The number of alkyl halides is 3. The van der Waals surface area contributed by atoms with Crippen LogP contribution in [-0.2, 0) is 20.4 Å². The number of ether oxygens (including phenoxy) is 2. The van der Waals surface area contributed by atoms with E-state index < -0.39 is 23.2 Å². The van der Waals surface area contributed by atoms with Gasteiger partial charge in [-0.2, -0.15) is 13.2 Å². The first-order valence-electron chi connectivity index (χ1n) is 7.29. The lowest BCUT2D eigenvalue weighted by Crippen LogP contribution is -2.44. The van der Waals surface area contributed by atoms with E-state index in [4.69, 9.17) is 9.47 Å². The lowest BCUT2D eigenvalue weighted by Gasteiger charge is -2.31. The molecule has 1 saturated heterocycles. The van der Waals surface area contributed by atoms with Crippen LogP contribution in [0.2, 0.25) is 0 Å². The summed E-state index contributed by atoms with van der Waals surface area (Å²) < 4.78 is 48.4. The van der Waals surface area contributed by atoms with Gasteiger partial charge in [0.15, 0.2) is 0 Å². The van der Waals surface area contributed by atoms with Crippen LogP contribution in [0.1, 0.15) is 32.3 Å². The van der Waals surface area contributed by atoms with Gasteiger partial charge in [0.25, 0.3) is 5.91 Å². The van der Waals surface area contributed by atoms with E-state index >= 15 is 0 Å². The average molecular weight is 332 g/mol. The third-order valence-corrected chi connectivity index (χ3v) is 3.51. The zero-order valence-corrected chi connectivity index (χ0v) is 12.9. The van der Waals surface area contributed by atoms with E-state index in [1.165, 1.54) is 0 Å². The van der Waals surface area contributed by atoms with E-state index in [2.05, 4.69) is 10.3 Å². The summed E-state index contributed by atoms with van der Waals surface area (Å²) in [5.74, 6) is -0.414. The Labute approximate surface area is 132 Å². The van der Waals surface area contributed by atoms with Crippen LogP contribution in [-0.4, -0.2) is 35.8 Å². The van der Waals surface area contributed by atoms with Crippen molar-refractivity contribution in [1.29, 1.82) is 0 Å². The smallest absolute Gasteiger partial charge is 0.381 e. The van der Waals surface area contributed by atoms with Crippen LogP contribution in [0.15, 0.2) is 18.3 Å². The molecule has 0 atom stereocenters. The second kappa shape index (κ2) is 6.84. The fourth-order valence-corrected chi connectivity index (χ4v) is 2.17. The number of pyridine rings is 1. The van der Waals surface area contributed by atoms with E-state index in [0.717, 1.165) is 12.1 Å². The van der Waals surface area contributed by atoms with Gasteiger partial charge in [0.2, 0.25) is 0 Å². The standard InChI is InChI=1S/C15H19F3N2O3/c1-14(2,23-11-5-7-22-8-6-11)13(21)20-12-4-3-10(9-19-12)15(16,17)18/h3-4,9,11H,5-8H2,1-2H3,(H,19,20,21). The number of carbonyl (C=O) groups excluding carboxylic acids is 1. The summed E-state index contributed by atoms with van der Waals surface area (Å²) >= 11 is 0. The normalized spacial score (nSPS) is 17.1. The molecule has 0 aliphatic carbocycles. The molecule has 1 amide bonds. The van der Waals surface area contributed by atoms with Crippen molar-refractivity contribution in [3.8, 4) is 0 Å². The number of hydrogen-bond acceptors (Lipinski definition) is 4. The Morgan fingerprint density at radius 3 is 2.48 bits per heavy atom. The van der Waals surface area contributed by atoms with Crippen LogP contribution < -0.4 is 5.32 Å². The van der Waals surface area contributed by atoms with Gasteiger partial charge in [0, 0.05) is 19.4 Å². The molecule has 0 radical (unpaired) electrons. The minimum absolute atomic E-state index is 0.0478. The topological polar surface area (TPSA) is 60.5 Å². The number of aromatic nitrogens is 1. The molecule has 1 fully saturated rings. The summed E-state index contributed by atoms with van der Waals surface area (Å²) in [4.78, 5) is 15.9. The maximum Gasteiger partial charge on any atom is 0.417 e. The van der Waals surface area contributed by atoms with Gasteiger partial charge in [-0.3, -0.25) is 4.79 Å². The number of rotatable bonds is 4. The van der Waals surface area contributed by atoms with Gasteiger partial charge in [-0.1, -0.05) is 0 Å². The summed E-state index contributed by atoms with van der Waals surface area (Å²) in [7, 11) is 0. The molecule has 128 valence electrons. The molecular formula is C15H19F3N2O3. The molecule has 0 aromatic carbocycles. The lowest BCUT2D eigenvalue weighted by molar-refractivity contribution is -0.151. The summed E-state index contributed by atoms with van der Waals surface area (Å²) in [5.41, 5.74) is -1.99. The second-order valence-corrected chi connectivity index (χ2v) is 5.82. The summed E-state index contributed by atoms with van der Waals surface area (Å²) in [6.07, 6.45) is -2.45. The van der Waals surface area contributed by atoms with Crippen molar-refractivity contribution in [3.05, 3.63) is 23.9 Å². The number of hydrogen-bond donors (Lipinski definition) is 1. The molecule has 0 unspecified atom stereocenters. The van der Waals surface area contributed by atoms with E-state index in [1.54, 1.807) is 13.8 Å². The molecule has 1 aromatic rings. The van der Waals surface area contributed by atoms with Crippen LogP contribution in [0.25, 0.3) is 0 Å². The van der Waals surface area contributed by atoms with E-state index in [-0.39, 0.29) is 11.9 Å². The number of amides is 1. The monoisotopic (exact) mass is 332 g/mol.